The van der Waals surface area contributed by atoms with Crippen LogP contribution in [0.2, 0.25) is 0 Å². The molecule has 6 heteroatoms. The van der Waals surface area contributed by atoms with E-state index in [9.17, 15) is 14.4 Å². The molecular weight excluding hydrogens is 296 g/mol. The molecule has 1 rings (SSSR count). The van der Waals surface area contributed by atoms with Gasteiger partial charge in [-0.3, -0.25) is 14.4 Å². The van der Waals surface area contributed by atoms with Crippen molar-refractivity contribution < 1.29 is 19.5 Å². The van der Waals surface area contributed by atoms with Crippen LogP contribution in [0.1, 0.15) is 39.7 Å². The van der Waals surface area contributed by atoms with Crippen LogP contribution < -0.4 is 10.6 Å². The van der Waals surface area contributed by atoms with Gasteiger partial charge in [0.15, 0.2) is 0 Å². The first kappa shape index (κ1) is 18.7. The number of amides is 2. The van der Waals surface area contributed by atoms with E-state index in [1.807, 2.05) is 20.8 Å². The molecule has 0 saturated heterocycles. The van der Waals surface area contributed by atoms with Crippen LogP contribution in [0.3, 0.4) is 0 Å². The van der Waals surface area contributed by atoms with Gasteiger partial charge in [-0.25, -0.2) is 0 Å². The second-order valence-corrected chi connectivity index (χ2v) is 6.74. The summed E-state index contributed by atoms with van der Waals surface area (Å²) < 4.78 is 0. The highest BCUT2D eigenvalue weighted by Gasteiger charge is 2.21. The van der Waals surface area contributed by atoms with Gasteiger partial charge in [0.2, 0.25) is 11.8 Å². The van der Waals surface area contributed by atoms with Crippen LogP contribution in [0.5, 0.6) is 0 Å². The molecule has 6 nitrogen and oxygen atoms in total. The Balaban J connectivity index is 2.69. The Morgan fingerprint density at radius 2 is 1.78 bits per heavy atom. The van der Waals surface area contributed by atoms with Gasteiger partial charge in [-0.2, -0.15) is 0 Å². The van der Waals surface area contributed by atoms with Crippen molar-refractivity contribution in [3.05, 3.63) is 29.8 Å². The Labute approximate surface area is 136 Å². The van der Waals surface area contributed by atoms with Crippen molar-refractivity contribution in [3.63, 3.8) is 0 Å². The number of aliphatic carboxylic acids is 1. The highest BCUT2D eigenvalue weighted by Crippen LogP contribution is 2.18. The number of carbonyl (C=O) groups excluding carboxylic acids is 2. The van der Waals surface area contributed by atoms with Gasteiger partial charge in [0.1, 0.15) is 6.04 Å². The van der Waals surface area contributed by atoms with E-state index >= 15 is 0 Å². The Kier molecular flexibility index (Phi) is 6.30. The average molecular weight is 320 g/mol. The first-order valence-electron chi connectivity index (χ1n) is 7.48. The molecule has 1 aromatic carbocycles. The number of carboxylic acids is 1. The van der Waals surface area contributed by atoms with Gasteiger partial charge in [0.25, 0.3) is 0 Å². The van der Waals surface area contributed by atoms with Crippen molar-refractivity contribution in [3.8, 4) is 0 Å². The summed E-state index contributed by atoms with van der Waals surface area (Å²) in [5, 5.41) is 14.2. The van der Waals surface area contributed by atoms with Crippen molar-refractivity contribution in [2.75, 3.05) is 5.32 Å². The number of para-hydroxylation sites is 1. The third-order valence-corrected chi connectivity index (χ3v) is 3.08. The van der Waals surface area contributed by atoms with Crippen molar-refractivity contribution in [1.29, 1.82) is 0 Å². The van der Waals surface area contributed by atoms with E-state index in [0.717, 1.165) is 0 Å². The maximum atomic E-state index is 12.2. The molecule has 126 valence electrons. The van der Waals surface area contributed by atoms with E-state index in [0.29, 0.717) is 17.7 Å². The fraction of sp³-hybridized carbons (Fsp3) is 0.471. The Morgan fingerprint density at radius 1 is 1.17 bits per heavy atom. The molecule has 0 spiro atoms. The van der Waals surface area contributed by atoms with Crippen molar-refractivity contribution in [1.82, 2.24) is 5.32 Å². The van der Waals surface area contributed by atoms with Crippen molar-refractivity contribution in [2.24, 2.45) is 5.41 Å². The molecule has 0 saturated carbocycles. The number of nitrogens with one attached hydrogen (secondary N) is 2. The minimum absolute atomic E-state index is 0.158. The maximum Gasteiger partial charge on any atom is 0.307 e. The molecule has 0 bridgehead atoms. The Hall–Kier alpha value is -2.37. The molecule has 1 atom stereocenters. The summed E-state index contributed by atoms with van der Waals surface area (Å²) in [4.78, 5) is 34.9. The number of anilines is 1. The fourth-order valence-electron chi connectivity index (χ4n) is 2.04. The van der Waals surface area contributed by atoms with Gasteiger partial charge < -0.3 is 15.7 Å². The maximum absolute atomic E-state index is 12.2. The van der Waals surface area contributed by atoms with E-state index in [-0.39, 0.29) is 23.7 Å². The summed E-state index contributed by atoms with van der Waals surface area (Å²) in [6.07, 6.45) is 0.140. The van der Waals surface area contributed by atoms with Crippen LogP contribution >= 0.6 is 0 Å². The van der Waals surface area contributed by atoms with Crippen LogP contribution in [0, 0.1) is 5.41 Å². The number of hydrogen-bond acceptors (Lipinski definition) is 3. The lowest BCUT2D eigenvalue weighted by atomic mass is 9.92. The summed E-state index contributed by atoms with van der Waals surface area (Å²) in [7, 11) is 0. The molecular formula is C17H24N2O4. The zero-order chi connectivity index (χ0) is 17.6. The molecule has 1 aromatic rings. The molecule has 0 aliphatic rings. The van der Waals surface area contributed by atoms with Gasteiger partial charge in [0.05, 0.1) is 6.42 Å². The largest absolute Gasteiger partial charge is 0.481 e. The third kappa shape index (κ3) is 6.95. The zero-order valence-electron chi connectivity index (χ0n) is 14.0. The summed E-state index contributed by atoms with van der Waals surface area (Å²) in [6.45, 7) is 7.42. The van der Waals surface area contributed by atoms with E-state index in [2.05, 4.69) is 10.6 Å². The molecule has 3 N–H and O–H groups in total. The van der Waals surface area contributed by atoms with Gasteiger partial charge in [-0.05, 0) is 24.0 Å². The number of benzene rings is 1. The van der Waals surface area contributed by atoms with Gasteiger partial charge in [-0.1, -0.05) is 39.0 Å². The lowest BCUT2D eigenvalue weighted by Crippen LogP contribution is -2.42. The monoisotopic (exact) mass is 320 g/mol. The molecule has 0 radical (unpaired) electrons. The van der Waals surface area contributed by atoms with Gasteiger partial charge in [0, 0.05) is 12.1 Å². The quantitative estimate of drug-likeness (QED) is 0.748. The first-order valence-corrected chi connectivity index (χ1v) is 7.48. The zero-order valence-corrected chi connectivity index (χ0v) is 14.0. The lowest BCUT2D eigenvalue weighted by molar-refractivity contribution is -0.136. The second-order valence-electron chi connectivity index (χ2n) is 6.74. The van der Waals surface area contributed by atoms with Crippen molar-refractivity contribution >= 4 is 23.5 Å². The fourth-order valence-corrected chi connectivity index (χ4v) is 2.04. The van der Waals surface area contributed by atoms with Crippen LogP contribution in [0.15, 0.2) is 24.3 Å². The predicted octanol–water partition coefficient (Wildman–Crippen LogP) is 2.19. The minimum Gasteiger partial charge on any atom is -0.481 e. The number of carboxylic acid groups (broad SMARTS) is 1. The van der Waals surface area contributed by atoms with Gasteiger partial charge in [-0.15, -0.1) is 0 Å². The standard InChI is InChI=1S/C17H24N2O4/c1-11(18-14(20)10-17(2,3)4)16(23)19-13-8-6-5-7-12(13)9-15(21)22/h5-8,11H,9-10H2,1-4H3,(H,18,20)(H,19,23)(H,21,22). The van der Waals surface area contributed by atoms with Gasteiger partial charge >= 0.3 is 5.97 Å². The first-order chi connectivity index (χ1) is 10.6. The number of carbonyl (C=O) groups is 3. The summed E-state index contributed by atoms with van der Waals surface area (Å²) in [5.74, 6) is -1.55. The topological polar surface area (TPSA) is 95.5 Å². The smallest absolute Gasteiger partial charge is 0.307 e. The molecule has 23 heavy (non-hydrogen) atoms. The normalized spacial score (nSPS) is 12.3. The minimum atomic E-state index is -0.974. The molecule has 0 fully saturated rings. The lowest BCUT2D eigenvalue weighted by Gasteiger charge is -2.20. The Morgan fingerprint density at radius 3 is 2.35 bits per heavy atom. The highest BCUT2D eigenvalue weighted by molar-refractivity contribution is 5.97. The third-order valence-electron chi connectivity index (χ3n) is 3.08. The van der Waals surface area contributed by atoms with E-state index in [4.69, 9.17) is 5.11 Å². The Bertz CT molecular complexity index is 591. The second kappa shape index (κ2) is 7.76. The molecule has 0 aliphatic carbocycles. The summed E-state index contributed by atoms with van der Waals surface area (Å²) in [5.41, 5.74) is 0.798. The van der Waals surface area contributed by atoms with Crippen LogP contribution in [0.4, 0.5) is 5.69 Å². The van der Waals surface area contributed by atoms with Crippen molar-refractivity contribution in [2.45, 2.75) is 46.6 Å². The number of hydrogen-bond donors (Lipinski definition) is 3. The molecule has 0 heterocycles. The summed E-state index contributed by atoms with van der Waals surface area (Å²) in [6, 6.07) is 6.00. The summed E-state index contributed by atoms with van der Waals surface area (Å²) >= 11 is 0. The molecule has 2 amide bonds. The van der Waals surface area contributed by atoms with E-state index in [1.54, 1.807) is 31.2 Å². The van der Waals surface area contributed by atoms with E-state index < -0.39 is 12.0 Å². The predicted molar refractivity (Wildman–Crippen MR) is 88.1 cm³/mol. The van der Waals surface area contributed by atoms with Crippen LogP contribution in [-0.4, -0.2) is 28.9 Å². The van der Waals surface area contributed by atoms with E-state index in [1.165, 1.54) is 0 Å². The molecule has 0 aliphatic heterocycles. The highest BCUT2D eigenvalue weighted by atomic mass is 16.4. The molecule has 0 aromatic heterocycles. The molecule has 1 unspecified atom stereocenters. The average Bonchev–Trinajstić information content (AvgIpc) is 2.37. The van der Waals surface area contributed by atoms with Crippen LogP contribution in [0.25, 0.3) is 0 Å². The van der Waals surface area contributed by atoms with Crippen LogP contribution in [-0.2, 0) is 20.8 Å². The SMILES string of the molecule is CC(NC(=O)CC(C)(C)C)C(=O)Nc1ccccc1CC(=O)O. The number of rotatable bonds is 6.